The molecule has 0 spiro atoms. The number of aromatic nitrogens is 3. The van der Waals surface area contributed by atoms with Crippen LogP contribution >= 0.6 is 0 Å². The summed E-state index contributed by atoms with van der Waals surface area (Å²) in [5, 5.41) is 3.42. The lowest BCUT2D eigenvalue weighted by molar-refractivity contribution is -0.130. The topological polar surface area (TPSA) is 133 Å². The molecule has 15 heteroatoms. The fourth-order valence-electron chi connectivity index (χ4n) is 7.17. The minimum Gasteiger partial charge on any atom is -0.455 e. The van der Waals surface area contributed by atoms with Gasteiger partial charge in [-0.05, 0) is 60.7 Å². The van der Waals surface area contributed by atoms with E-state index in [2.05, 4.69) is 10.2 Å². The Hall–Kier alpha value is -5.93. The third kappa shape index (κ3) is 6.81. The van der Waals surface area contributed by atoms with Crippen molar-refractivity contribution in [3.63, 3.8) is 0 Å². The van der Waals surface area contributed by atoms with Crippen LogP contribution in [0.4, 0.5) is 14.5 Å². The number of nitrogens with one attached hydrogen (secondary N) is 1. The van der Waals surface area contributed by atoms with Crippen molar-refractivity contribution in [2.75, 3.05) is 50.8 Å². The van der Waals surface area contributed by atoms with Crippen molar-refractivity contribution in [3.05, 3.63) is 95.8 Å². The van der Waals surface area contributed by atoms with E-state index in [-0.39, 0.29) is 28.5 Å². The first-order valence-corrected chi connectivity index (χ1v) is 20.1. The van der Waals surface area contributed by atoms with Gasteiger partial charge < -0.3 is 14.6 Å². The molecular weight excluding hydrogens is 741 g/mol. The second kappa shape index (κ2) is 15.0. The van der Waals surface area contributed by atoms with Gasteiger partial charge in [-0.2, -0.15) is 0 Å². The lowest BCUT2D eigenvalue weighted by Crippen LogP contribution is -2.47. The van der Waals surface area contributed by atoms with E-state index in [0.29, 0.717) is 88.2 Å². The summed E-state index contributed by atoms with van der Waals surface area (Å²) < 4.78 is 64.4. The Bertz CT molecular complexity index is 2780. The number of carbonyl (C=O) groups is 2. The smallest absolute Gasteiger partial charge is 0.255 e. The van der Waals surface area contributed by atoms with Gasteiger partial charge in [-0.1, -0.05) is 19.9 Å². The number of pyridine rings is 1. The maximum absolute atomic E-state index is 15.3. The van der Waals surface area contributed by atoms with E-state index < -0.39 is 27.6 Å². The summed E-state index contributed by atoms with van der Waals surface area (Å²) in [7, 11) is -0.911. The van der Waals surface area contributed by atoms with Gasteiger partial charge in [0.2, 0.25) is 15.9 Å². The van der Waals surface area contributed by atoms with Gasteiger partial charge in [0.25, 0.3) is 5.91 Å². The molecule has 8 rings (SSSR count). The first kappa shape index (κ1) is 38.3. The Morgan fingerprint density at radius 1 is 0.911 bits per heavy atom. The van der Waals surface area contributed by atoms with Gasteiger partial charge in [-0.25, -0.2) is 27.2 Å². The second-order valence-corrected chi connectivity index (χ2v) is 15.4. The number of fused-ring (bicyclic) bond motifs is 6. The van der Waals surface area contributed by atoms with Crippen molar-refractivity contribution in [2.24, 2.45) is 0 Å². The number of nitrogens with zero attached hydrogens (tertiary/aromatic N) is 6. The highest BCUT2D eigenvalue weighted by Gasteiger charge is 2.27. The molecule has 1 aliphatic rings. The Balaban J connectivity index is 0.00000237. The molecule has 4 aromatic heterocycles. The fraction of sp³-hybridized carbons (Fsp3) is 0.268. The fourth-order valence-corrected chi connectivity index (χ4v) is 7.68. The van der Waals surface area contributed by atoms with Crippen molar-refractivity contribution < 1.29 is 31.2 Å². The van der Waals surface area contributed by atoms with Crippen molar-refractivity contribution in [3.8, 4) is 22.6 Å². The van der Waals surface area contributed by atoms with Gasteiger partial charge in [0.1, 0.15) is 34.3 Å². The molecule has 1 fully saturated rings. The van der Waals surface area contributed by atoms with Gasteiger partial charge in [0, 0.05) is 75.2 Å². The maximum atomic E-state index is 15.3. The molecule has 0 radical (unpaired) electrons. The molecule has 290 valence electrons. The third-order valence-electron chi connectivity index (χ3n) is 10.1. The monoisotopic (exact) mass is 781 g/mol. The van der Waals surface area contributed by atoms with Gasteiger partial charge >= 0.3 is 0 Å². The quantitative estimate of drug-likeness (QED) is 0.186. The second-order valence-electron chi connectivity index (χ2n) is 13.4. The molecule has 0 atom stereocenters. The van der Waals surface area contributed by atoms with Crippen molar-refractivity contribution in [1.29, 1.82) is 0 Å². The lowest BCUT2D eigenvalue weighted by atomic mass is 10.0. The first-order chi connectivity index (χ1) is 26.8. The molecule has 3 aromatic carbocycles. The molecule has 1 N–H and O–H groups in total. The van der Waals surface area contributed by atoms with Crippen LogP contribution in [0, 0.1) is 11.6 Å². The summed E-state index contributed by atoms with van der Waals surface area (Å²) >= 11 is 0. The van der Waals surface area contributed by atoms with Crippen LogP contribution in [0.2, 0.25) is 0 Å². The number of benzene rings is 3. The average Bonchev–Trinajstić information content (AvgIpc) is 3.78. The summed E-state index contributed by atoms with van der Waals surface area (Å²) in [6.45, 7) is 8.50. The largest absolute Gasteiger partial charge is 0.455 e. The van der Waals surface area contributed by atoms with Crippen LogP contribution in [-0.4, -0.2) is 90.9 Å². The molecule has 12 nitrogen and oxygen atoms in total. The molecule has 0 aliphatic carbocycles. The summed E-state index contributed by atoms with van der Waals surface area (Å²) in [5.74, 6) is -0.431. The molecule has 2 amide bonds. The number of amides is 2. The molecule has 1 saturated heterocycles. The molecule has 0 saturated carbocycles. The highest BCUT2D eigenvalue weighted by atomic mass is 32.2. The average molecular weight is 782 g/mol. The predicted molar refractivity (Wildman–Crippen MR) is 214 cm³/mol. The number of carbonyl (C=O) groups excluding carboxylic acids is 2. The zero-order valence-corrected chi connectivity index (χ0v) is 32.7. The van der Waals surface area contributed by atoms with E-state index >= 15 is 4.39 Å². The van der Waals surface area contributed by atoms with E-state index in [4.69, 9.17) is 14.4 Å². The number of furan rings is 1. The van der Waals surface area contributed by atoms with Crippen LogP contribution in [0.25, 0.3) is 61.0 Å². The van der Waals surface area contributed by atoms with E-state index in [1.165, 1.54) is 44.4 Å². The predicted octanol–water partition coefficient (Wildman–Crippen LogP) is 6.84. The number of hydrogen-bond acceptors (Lipinski definition) is 8. The SMILES string of the molecule is CC.CNC(=O)c1c(-c2ccc(F)cc2)oc2cc(N(C)S(C)(=O)=O)c(-c3ccc4nc(CN5CCN(C(C)=O)CC5)n5c6cccc(F)c6cc5c4n3)cc12. The number of rotatable bonds is 7. The highest BCUT2D eigenvalue weighted by Crippen LogP contribution is 2.41. The van der Waals surface area contributed by atoms with Crippen LogP contribution in [0.1, 0.15) is 37.0 Å². The van der Waals surface area contributed by atoms with Gasteiger partial charge in [-0.3, -0.25) is 23.2 Å². The number of halogens is 2. The molecule has 1 aliphatic heterocycles. The molecule has 56 heavy (non-hydrogen) atoms. The highest BCUT2D eigenvalue weighted by molar-refractivity contribution is 7.92. The van der Waals surface area contributed by atoms with Crippen molar-refractivity contribution >= 4 is 65.9 Å². The summed E-state index contributed by atoms with van der Waals surface area (Å²) in [6, 6.07) is 18.8. The molecule has 0 bridgehead atoms. The van der Waals surface area contributed by atoms with Gasteiger partial charge in [0.15, 0.2) is 0 Å². The first-order valence-electron chi connectivity index (χ1n) is 18.2. The third-order valence-corrected chi connectivity index (χ3v) is 11.3. The van der Waals surface area contributed by atoms with Gasteiger partial charge in [-0.15, -0.1) is 0 Å². The van der Waals surface area contributed by atoms with Crippen LogP contribution in [0.5, 0.6) is 0 Å². The van der Waals surface area contributed by atoms with Crippen molar-refractivity contribution in [2.45, 2.75) is 27.3 Å². The summed E-state index contributed by atoms with van der Waals surface area (Å²) in [6.07, 6.45) is 1.08. The normalized spacial score (nSPS) is 13.7. The molecular formula is C41H41F2N7O5S. The van der Waals surface area contributed by atoms with E-state index in [9.17, 15) is 22.4 Å². The maximum Gasteiger partial charge on any atom is 0.255 e. The van der Waals surface area contributed by atoms with Crippen molar-refractivity contribution in [1.82, 2.24) is 29.5 Å². The Morgan fingerprint density at radius 2 is 1.62 bits per heavy atom. The molecule has 5 heterocycles. The van der Waals surface area contributed by atoms with E-state index in [0.717, 1.165) is 10.6 Å². The van der Waals surface area contributed by atoms with Crippen LogP contribution < -0.4 is 9.62 Å². The summed E-state index contributed by atoms with van der Waals surface area (Å²) in [4.78, 5) is 39.4. The number of hydrogen-bond donors (Lipinski definition) is 1. The molecule has 7 aromatic rings. The number of anilines is 1. The zero-order valence-electron chi connectivity index (χ0n) is 31.9. The Morgan fingerprint density at radius 3 is 2.29 bits per heavy atom. The zero-order chi connectivity index (χ0) is 40.1. The minimum absolute atomic E-state index is 0.0330. The molecule has 0 unspecified atom stereocenters. The van der Waals surface area contributed by atoms with Crippen LogP contribution in [0.3, 0.4) is 0 Å². The Kier molecular flexibility index (Phi) is 10.2. The Labute approximate surface area is 322 Å². The minimum atomic E-state index is -3.81. The lowest BCUT2D eigenvalue weighted by Gasteiger charge is -2.34. The number of piperazine rings is 1. The van der Waals surface area contributed by atoms with Gasteiger partial charge in [0.05, 0.1) is 46.3 Å². The van der Waals surface area contributed by atoms with Crippen LogP contribution in [0.15, 0.2) is 77.2 Å². The standard InChI is InChI=1S/C39H35F2N7O5S.C2H6/c1-22(49)47-16-14-46(15-17-47)21-35-43-30-13-12-29(44-37(30)33-19-25-28(41)6-5-7-31(25)48(33)35)26-18-27-34(20-32(26)45(3)54(4,51)52)53-38(36(27)39(50)42-2)23-8-10-24(40)11-9-23;1-2/h5-13,18-20H,14-17,21H2,1-4H3,(H,42,50);1-2H3. The van der Waals surface area contributed by atoms with E-state index in [1.807, 2.05) is 29.2 Å². The van der Waals surface area contributed by atoms with Crippen LogP contribution in [-0.2, 0) is 21.4 Å². The number of sulfonamides is 1. The van der Waals surface area contributed by atoms with E-state index in [1.54, 1.807) is 43.3 Å². The summed E-state index contributed by atoms with van der Waals surface area (Å²) in [5.41, 5.74) is 4.05.